The van der Waals surface area contributed by atoms with Gasteiger partial charge in [-0.05, 0) is 17.7 Å². The second-order valence-corrected chi connectivity index (χ2v) is 7.12. The fourth-order valence-corrected chi connectivity index (χ4v) is 3.61. The topological polar surface area (TPSA) is 104 Å². The van der Waals surface area contributed by atoms with E-state index in [9.17, 15) is 9.59 Å². The molecule has 0 unspecified atom stereocenters. The number of carbonyl (C=O) groups excluding carboxylic acids is 2. The minimum absolute atomic E-state index is 0.0365. The van der Waals surface area contributed by atoms with Gasteiger partial charge in [0.25, 0.3) is 5.91 Å². The number of rotatable bonds is 7. The van der Waals surface area contributed by atoms with Crippen LogP contribution in [0, 0.1) is 0 Å². The molecule has 4 rings (SSSR count). The van der Waals surface area contributed by atoms with Crippen molar-refractivity contribution in [1.29, 1.82) is 0 Å². The average Bonchev–Trinajstić information content (AvgIpc) is 3.46. The smallest absolute Gasteiger partial charge is 0.333 e. The van der Waals surface area contributed by atoms with Crippen LogP contribution in [0.25, 0.3) is 10.2 Å². The molecule has 1 N–H and O–H groups in total. The minimum atomic E-state index is -0.955. The largest absolute Gasteiger partial charge is 0.484 e. The van der Waals surface area contributed by atoms with Crippen molar-refractivity contribution in [2.75, 3.05) is 7.11 Å². The first-order valence-electron chi connectivity index (χ1n) is 9.00. The molecule has 30 heavy (non-hydrogen) atoms. The zero-order chi connectivity index (χ0) is 20.9. The summed E-state index contributed by atoms with van der Waals surface area (Å²) in [5.41, 5.74) is 3.24. The number of hydrogen-bond donors (Lipinski definition) is 1. The second-order valence-electron chi connectivity index (χ2n) is 6.26. The third kappa shape index (κ3) is 4.15. The Labute approximate surface area is 175 Å². The van der Waals surface area contributed by atoms with Crippen molar-refractivity contribution in [2.24, 2.45) is 0 Å². The number of nitrogens with zero attached hydrogens (tertiary/aromatic N) is 2. The summed E-state index contributed by atoms with van der Waals surface area (Å²) in [6, 6.07) is 14.9. The molecule has 0 spiro atoms. The van der Waals surface area contributed by atoms with Crippen LogP contribution in [0.5, 0.6) is 5.75 Å². The van der Waals surface area contributed by atoms with E-state index in [-0.39, 0.29) is 12.3 Å². The number of benzene rings is 2. The summed E-state index contributed by atoms with van der Waals surface area (Å²) < 4.78 is 16.7. The van der Waals surface area contributed by atoms with Crippen LogP contribution >= 0.6 is 11.3 Å². The molecule has 0 fully saturated rings. The zero-order valence-corrected chi connectivity index (χ0v) is 16.7. The Kier molecular flexibility index (Phi) is 5.71. The van der Waals surface area contributed by atoms with Gasteiger partial charge in [-0.25, -0.2) is 9.78 Å². The fourth-order valence-electron chi connectivity index (χ4n) is 2.86. The number of aromatic nitrogens is 2. The summed E-state index contributed by atoms with van der Waals surface area (Å²) in [5, 5.41) is 6.41. The van der Waals surface area contributed by atoms with Crippen LogP contribution in [-0.2, 0) is 16.1 Å². The van der Waals surface area contributed by atoms with Gasteiger partial charge in [-0.3, -0.25) is 4.79 Å². The lowest BCUT2D eigenvalue weighted by molar-refractivity contribution is -0.143. The van der Waals surface area contributed by atoms with E-state index in [1.165, 1.54) is 24.5 Å². The van der Waals surface area contributed by atoms with Gasteiger partial charge in [0.15, 0.2) is 17.5 Å². The predicted octanol–water partition coefficient (Wildman–Crippen LogP) is 3.51. The van der Waals surface area contributed by atoms with Crippen LogP contribution in [-0.4, -0.2) is 29.1 Å². The molecule has 0 aliphatic carbocycles. The van der Waals surface area contributed by atoms with E-state index in [4.69, 9.17) is 14.0 Å². The van der Waals surface area contributed by atoms with Crippen LogP contribution in [0.4, 0.5) is 0 Å². The molecule has 2 aromatic carbocycles. The van der Waals surface area contributed by atoms with Crippen molar-refractivity contribution in [3.8, 4) is 5.75 Å². The van der Waals surface area contributed by atoms with Gasteiger partial charge in [0.2, 0.25) is 0 Å². The highest BCUT2D eigenvalue weighted by Gasteiger charge is 2.25. The molecule has 0 radical (unpaired) electrons. The van der Waals surface area contributed by atoms with Gasteiger partial charge in [-0.1, -0.05) is 41.6 Å². The molecule has 8 nitrogen and oxygen atoms in total. The minimum Gasteiger partial charge on any atom is -0.484 e. The lowest BCUT2D eigenvalue weighted by Gasteiger charge is -2.15. The van der Waals surface area contributed by atoms with Gasteiger partial charge in [0.1, 0.15) is 12.4 Å². The lowest BCUT2D eigenvalue weighted by Crippen LogP contribution is -2.34. The maximum absolute atomic E-state index is 12.6. The number of thiazole rings is 1. The summed E-state index contributed by atoms with van der Waals surface area (Å²) in [6.45, 7) is 0.0937. The molecule has 0 saturated carbocycles. The van der Waals surface area contributed by atoms with Gasteiger partial charge < -0.3 is 19.3 Å². The van der Waals surface area contributed by atoms with E-state index in [0.717, 1.165) is 10.2 Å². The van der Waals surface area contributed by atoms with Crippen molar-refractivity contribution in [2.45, 2.75) is 12.6 Å². The molecule has 2 aromatic heterocycles. The molecule has 0 aliphatic rings. The first kappa shape index (κ1) is 19.6. The first-order valence-corrected chi connectivity index (χ1v) is 9.88. The Balaban J connectivity index is 1.44. The van der Waals surface area contributed by atoms with Crippen molar-refractivity contribution in [1.82, 2.24) is 15.5 Å². The van der Waals surface area contributed by atoms with Gasteiger partial charge in [-0.2, -0.15) is 0 Å². The van der Waals surface area contributed by atoms with E-state index >= 15 is 0 Å². The van der Waals surface area contributed by atoms with E-state index in [1.54, 1.807) is 29.8 Å². The van der Waals surface area contributed by atoms with Crippen molar-refractivity contribution < 1.29 is 23.6 Å². The lowest BCUT2D eigenvalue weighted by atomic mass is 10.1. The van der Waals surface area contributed by atoms with Crippen molar-refractivity contribution >= 4 is 33.4 Å². The van der Waals surface area contributed by atoms with Crippen LogP contribution in [0.2, 0.25) is 0 Å². The molecule has 4 aromatic rings. The maximum atomic E-state index is 12.6. The number of esters is 1. The van der Waals surface area contributed by atoms with Gasteiger partial charge in [0, 0.05) is 6.07 Å². The second kappa shape index (κ2) is 8.75. The molecule has 2 heterocycles. The van der Waals surface area contributed by atoms with E-state index in [0.29, 0.717) is 17.1 Å². The summed E-state index contributed by atoms with van der Waals surface area (Å²) >= 11 is 1.48. The summed E-state index contributed by atoms with van der Waals surface area (Å²) in [5.74, 6) is -0.101. The third-order valence-corrected chi connectivity index (χ3v) is 5.18. The number of nitrogens with one attached hydrogen (secondary N) is 1. The highest BCUT2D eigenvalue weighted by molar-refractivity contribution is 7.17. The zero-order valence-electron chi connectivity index (χ0n) is 15.9. The number of amides is 1. The van der Waals surface area contributed by atoms with Crippen LogP contribution in [0.1, 0.15) is 27.9 Å². The Morgan fingerprint density at radius 1 is 1.17 bits per heavy atom. The van der Waals surface area contributed by atoms with Gasteiger partial charge in [-0.15, -0.1) is 11.3 Å². The molecule has 1 amide bonds. The van der Waals surface area contributed by atoms with Crippen LogP contribution in [0.15, 0.2) is 64.6 Å². The maximum Gasteiger partial charge on any atom is 0.333 e. The summed E-state index contributed by atoms with van der Waals surface area (Å²) in [6.07, 6.45) is 0. The SMILES string of the molecule is COC(=O)[C@@H](NC(=O)c1cc(COc2cccc3ncsc23)on1)c1ccccc1. The summed E-state index contributed by atoms with van der Waals surface area (Å²) in [7, 11) is 1.26. The van der Waals surface area contributed by atoms with E-state index in [1.807, 2.05) is 24.3 Å². The van der Waals surface area contributed by atoms with E-state index in [2.05, 4.69) is 15.5 Å². The third-order valence-electron chi connectivity index (χ3n) is 4.33. The quantitative estimate of drug-likeness (QED) is 0.454. The Morgan fingerprint density at radius 2 is 2.00 bits per heavy atom. The summed E-state index contributed by atoms with van der Waals surface area (Å²) in [4.78, 5) is 29.0. The van der Waals surface area contributed by atoms with E-state index < -0.39 is 17.9 Å². The molecular formula is C21H17N3O5S. The highest BCUT2D eigenvalue weighted by atomic mass is 32.1. The number of ether oxygens (including phenoxy) is 2. The molecule has 0 bridgehead atoms. The Bertz CT molecular complexity index is 1170. The van der Waals surface area contributed by atoms with Crippen molar-refractivity contribution in [3.63, 3.8) is 0 Å². The highest BCUT2D eigenvalue weighted by Crippen LogP contribution is 2.29. The van der Waals surface area contributed by atoms with Crippen LogP contribution in [0.3, 0.4) is 0 Å². The first-order chi connectivity index (χ1) is 14.7. The van der Waals surface area contributed by atoms with Gasteiger partial charge in [0.05, 0.1) is 22.8 Å². The normalized spacial score (nSPS) is 11.8. The van der Waals surface area contributed by atoms with Crippen LogP contribution < -0.4 is 10.1 Å². The van der Waals surface area contributed by atoms with Crippen molar-refractivity contribution in [3.05, 3.63) is 77.1 Å². The molecular weight excluding hydrogens is 406 g/mol. The predicted molar refractivity (Wildman–Crippen MR) is 109 cm³/mol. The molecule has 1 atom stereocenters. The molecule has 152 valence electrons. The molecule has 0 aliphatic heterocycles. The molecule has 0 saturated heterocycles. The molecule has 9 heteroatoms. The number of carbonyl (C=O) groups is 2. The number of methoxy groups -OCH3 is 1. The number of fused-ring (bicyclic) bond motifs is 1. The monoisotopic (exact) mass is 423 g/mol. The number of hydrogen-bond acceptors (Lipinski definition) is 8. The Hall–Kier alpha value is -3.72. The fraction of sp³-hybridized carbons (Fsp3) is 0.143. The Morgan fingerprint density at radius 3 is 2.80 bits per heavy atom. The average molecular weight is 423 g/mol. The standard InChI is InChI=1S/C21H17N3O5S/c1-27-21(26)18(13-6-3-2-4-7-13)23-20(25)16-10-14(29-24-16)11-28-17-9-5-8-15-19(17)30-12-22-15/h2-10,12,18H,11H2,1H3,(H,23,25)/t18-/m0/s1. The van der Waals surface area contributed by atoms with Gasteiger partial charge >= 0.3 is 5.97 Å².